The largest absolute Gasteiger partial charge is 0.408 e. The lowest BCUT2D eigenvalue weighted by atomic mass is 10.1. The molecule has 13 heteroatoms. The number of fused-ring (bicyclic) bond motifs is 1. The van der Waals surface area contributed by atoms with E-state index in [4.69, 9.17) is 0 Å². The summed E-state index contributed by atoms with van der Waals surface area (Å²) in [4.78, 5) is 18.4. The van der Waals surface area contributed by atoms with Gasteiger partial charge in [0.25, 0.3) is 0 Å². The van der Waals surface area contributed by atoms with Gasteiger partial charge in [0.2, 0.25) is 5.95 Å². The third-order valence-corrected chi connectivity index (χ3v) is 5.53. The van der Waals surface area contributed by atoms with Crippen LogP contribution >= 0.6 is 0 Å². The van der Waals surface area contributed by atoms with Crippen LogP contribution in [0.2, 0.25) is 0 Å². The molecular weight excluding hydrogens is 446 g/mol. The minimum absolute atomic E-state index is 0.0501. The van der Waals surface area contributed by atoms with Crippen LogP contribution in [0.4, 0.5) is 35.1 Å². The van der Waals surface area contributed by atoms with Gasteiger partial charge in [0, 0.05) is 18.8 Å². The fourth-order valence-corrected chi connectivity index (χ4v) is 3.71. The maximum atomic E-state index is 13.9. The minimum Gasteiger partial charge on any atom is -0.390 e. The Morgan fingerprint density at radius 2 is 1.94 bits per heavy atom. The molecule has 3 aromatic rings. The first-order valence-corrected chi connectivity index (χ1v) is 10.3. The number of nitrogens with one attached hydrogen (secondary N) is 1. The average molecular weight is 469 g/mol. The molecular formula is C20H23F4N7O2. The van der Waals surface area contributed by atoms with Gasteiger partial charge in [-0.3, -0.25) is 0 Å². The van der Waals surface area contributed by atoms with Crippen LogP contribution < -0.4 is 10.2 Å². The molecule has 2 unspecified atom stereocenters. The van der Waals surface area contributed by atoms with E-state index in [1.54, 1.807) is 4.90 Å². The summed E-state index contributed by atoms with van der Waals surface area (Å²) in [6.45, 7) is 2.67. The Kier molecular flexibility index (Phi) is 6.10. The number of hydrogen-bond donors (Lipinski definition) is 3. The predicted molar refractivity (Wildman–Crippen MR) is 112 cm³/mol. The molecule has 9 nitrogen and oxygen atoms in total. The topological polar surface area (TPSA) is 112 Å². The smallest absolute Gasteiger partial charge is 0.390 e. The van der Waals surface area contributed by atoms with Gasteiger partial charge in [-0.2, -0.15) is 18.2 Å². The number of aliphatic hydroxyl groups is 2. The van der Waals surface area contributed by atoms with Gasteiger partial charge in [-0.15, -0.1) is 0 Å². The van der Waals surface area contributed by atoms with Crippen molar-refractivity contribution in [2.24, 2.45) is 0 Å². The highest BCUT2D eigenvalue weighted by Gasteiger charge is 2.40. The van der Waals surface area contributed by atoms with Crippen LogP contribution in [0.5, 0.6) is 0 Å². The van der Waals surface area contributed by atoms with Gasteiger partial charge in [0.15, 0.2) is 0 Å². The molecule has 0 amide bonds. The Bertz CT molecular complexity index is 1140. The fourth-order valence-electron chi connectivity index (χ4n) is 3.71. The molecule has 1 fully saturated rings. The lowest BCUT2D eigenvalue weighted by molar-refractivity contribution is -0.163. The number of halogens is 4. The highest BCUT2D eigenvalue weighted by atomic mass is 19.4. The van der Waals surface area contributed by atoms with Gasteiger partial charge in [0.05, 0.1) is 24.4 Å². The first kappa shape index (κ1) is 23.1. The van der Waals surface area contributed by atoms with E-state index in [2.05, 4.69) is 25.3 Å². The monoisotopic (exact) mass is 469 g/mol. The molecule has 4 heterocycles. The lowest BCUT2D eigenvalue weighted by Gasteiger charge is -2.32. The molecule has 4 atom stereocenters. The molecule has 0 aromatic carbocycles. The van der Waals surface area contributed by atoms with Crippen molar-refractivity contribution in [3.63, 3.8) is 0 Å². The quantitative estimate of drug-likeness (QED) is 0.489. The van der Waals surface area contributed by atoms with Crippen molar-refractivity contribution in [3.8, 4) is 0 Å². The summed E-state index contributed by atoms with van der Waals surface area (Å²) in [5.41, 5.74) is 0.351. The summed E-state index contributed by atoms with van der Waals surface area (Å²) in [5, 5.41) is 22.5. The van der Waals surface area contributed by atoms with E-state index in [0.29, 0.717) is 12.4 Å². The number of imidazole rings is 1. The second-order valence-electron chi connectivity index (χ2n) is 7.98. The van der Waals surface area contributed by atoms with Crippen LogP contribution in [0.3, 0.4) is 0 Å². The third-order valence-electron chi connectivity index (χ3n) is 5.53. The highest BCUT2D eigenvalue weighted by molar-refractivity contribution is 5.79. The maximum Gasteiger partial charge on any atom is 0.408 e. The first-order chi connectivity index (χ1) is 15.5. The SMILES string of the molecule is C[C@H](n1c([C@@H](C)O)nc2cnc(Nc3ccnc(N4CCC(O)C(F)C4)n3)cc21)C(F)(F)F. The zero-order valence-electron chi connectivity index (χ0n) is 17.8. The number of aromatic nitrogens is 5. The van der Waals surface area contributed by atoms with Gasteiger partial charge in [-0.1, -0.05) is 0 Å². The van der Waals surface area contributed by atoms with Crippen LogP contribution in [-0.4, -0.2) is 66.3 Å². The Hall–Kier alpha value is -3.06. The van der Waals surface area contributed by atoms with Crippen LogP contribution in [0.25, 0.3) is 11.0 Å². The van der Waals surface area contributed by atoms with E-state index >= 15 is 0 Å². The van der Waals surface area contributed by atoms with Crippen molar-refractivity contribution in [2.45, 2.75) is 50.9 Å². The number of nitrogens with zero attached hydrogens (tertiary/aromatic N) is 6. The molecule has 1 aliphatic heterocycles. The summed E-state index contributed by atoms with van der Waals surface area (Å²) < 4.78 is 55.3. The highest BCUT2D eigenvalue weighted by Crippen LogP contribution is 2.36. The minimum atomic E-state index is -4.55. The van der Waals surface area contributed by atoms with Crippen molar-refractivity contribution in [3.05, 3.63) is 30.4 Å². The molecule has 0 bridgehead atoms. The second kappa shape index (κ2) is 8.71. The summed E-state index contributed by atoms with van der Waals surface area (Å²) in [5.74, 6) is 0.644. The van der Waals surface area contributed by atoms with Crippen LogP contribution in [0.15, 0.2) is 24.5 Å². The molecule has 1 aliphatic rings. The molecule has 4 rings (SSSR count). The van der Waals surface area contributed by atoms with Crippen molar-refractivity contribution < 1.29 is 27.8 Å². The molecule has 1 saturated heterocycles. The molecule has 0 radical (unpaired) electrons. The maximum absolute atomic E-state index is 13.9. The first-order valence-electron chi connectivity index (χ1n) is 10.3. The van der Waals surface area contributed by atoms with Crippen molar-refractivity contribution >= 4 is 28.6 Å². The van der Waals surface area contributed by atoms with Gasteiger partial charge >= 0.3 is 6.18 Å². The number of aliphatic hydroxyl groups excluding tert-OH is 2. The van der Waals surface area contributed by atoms with Gasteiger partial charge in [0.1, 0.15) is 41.3 Å². The Balaban J connectivity index is 1.65. The van der Waals surface area contributed by atoms with E-state index in [9.17, 15) is 27.8 Å². The van der Waals surface area contributed by atoms with Crippen LogP contribution in [0, 0.1) is 0 Å². The number of rotatable bonds is 5. The zero-order valence-corrected chi connectivity index (χ0v) is 17.8. The summed E-state index contributed by atoms with van der Waals surface area (Å²) >= 11 is 0. The van der Waals surface area contributed by atoms with Crippen LogP contribution in [-0.2, 0) is 0 Å². The molecule has 0 spiro atoms. The van der Waals surface area contributed by atoms with E-state index in [-0.39, 0.29) is 41.6 Å². The van der Waals surface area contributed by atoms with E-state index in [0.717, 1.165) is 11.5 Å². The van der Waals surface area contributed by atoms with Gasteiger partial charge in [-0.25, -0.2) is 19.3 Å². The second-order valence-corrected chi connectivity index (χ2v) is 7.98. The molecule has 3 N–H and O–H groups in total. The van der Waals surface area contributed by atoms with Gasteiger partial charge in [-0.05, 0) is 26.3 Å². The summed E-state index contributed by atoms with van der Waals surface area (Å²) in [6.07, 6.45) is -5.19. The van der Waals surface area contributed by atoms with Crippen molar-refractivity contribution in [1.82, 2.24) is 24.5 Å². The fraction of sp³-hybridized carbons (Fsp3) is 0.500. The number of pyridine rings is 1. The Morgan fingerprint density at radius 3 is 2.61 bits per heavy atom. The Labute approximate surface area is 186 Å². The third kappa shape index (κ3) is 4.69. The van der Waals surface area contributed by atoms with E-state index in [1.807, 2.05) is 0 Å². The zero-order chi connectivity index (χ0) is 23.9. The molecule has 33 heavy (non-hydrogen) atoms. The van der Waals surface area contributed by atoms with Crippen molar-refractivity contribution in [1.29, 1.82) is 0 Å². The van der Waals surface area contributed by atoms with Gasteiger partial charge < -0.3 is 25.0 Å². The molecule has 0 aliphatic carbocycles. The molecule has 3 aromatic heterocycles. The standard InChI is InChI=1S/C20H23F4N7O2/c1-10(32)18-27-13-8-26-17(7-14(13)31(18)11(2)20(22,23)24)28-16-3-5-25-19(29-16)30-6-4-15(33)12(21)9-30/h3,5,7-8,10-12,15,32-33H,4,6,9H2,1-2H3,(H,25,26,28,29)/t10-,11+,12?,15?/m1/s1. The number of piperidine rings is 1. The summed E-state index contributed by atoms with van der Waals surface area (Å²) in [6, 6.07) is 1.02. The summed E-state index contributed by atoms with van der Waals surface area (Å²) in [7, 11) is 0. The lowest BCUT2D eigenvalue weighted by Crippen LogP contribution is -2.45. The molecule has 178 valence electrons. The predicted octanol–water partition coefficient (Wildman–Crippen LogP) is 3.05. The van der Waals surface area contributed by atoms with Crippen LogP contribution in [0.1, 0.15) is 38.2 Å². The molecule has 0 saturated carbocycles. The number of hydrogen-bond acceptors (Lipinski definition) is 8. The number of anilines is 3. The number of alkyl halides is 4. The van der Waals surface area contributed by atoms with E-state index < -0.39 is 30.6 Å². The van der Waals surface area contributed by atoms with Crippen molar-refractivity contribution in [2.75, 3.05) is 23.3 Å². The average Bonchev–Trinajstić information content (AvgIpc) is 3.13. The van der Waals surface area contributed by atoms with E-state index in [1.165, 1.54) is 31.5 Å². The normalized spacial score (nSPS) is 21.3. The Morgan fingerprint density at radius 1 is 1.18 bits per heavy atom.